The van der Waals surface area contributed by atoms with E-state index in [0.717, 1.165) is 40.3 Å². The van der Waals surface area contributed by atoms with Gasteiger partial charge in [0, 0.05) is 12.6 Å². The van der Waals surface area contributed by atoms with Crippen molar-refractivity contribution in [3.63, 3.8) is 0 Å². The average Bonchev–Trinajstić information content (AvgIpc) is 3.37. The lowest BCUT2D eigenvalue weighted by Crippen LogP contribution is -2.41. The van der Waals surface area contributed by atoms with Gasteiger partial charge in [-0.25, -0.2) is 9.67 Å². The van der Waals surface area contributed by atoms with Crippen molar-refractivity contribution in [1.29, 1.82) is 0 Å². The number of hydrogen-bond acceptors (Lipinski definition) is 4. The summed E-state index contributed by atoms with van der Waals surface area (Å²) in [6.07, 6.45) is 1.02. The summed E-state index contributed by atoms with van der Waals surface area (Å²) in [5.74, 6) is 2.34. The highest BCUT2D eigenvalue weighted by molar-refractivity contribution is 8.15. The SMILES string of the molecule is Cc1nn(-c2ccccc2)c2c1P(=S)(OC1CC3CCC1(C)C3(C)C)N(C)C(c1ccccc1)=N2. The Labute approximate surface area is 213 Å². The van der Waals surface area contributed by atoms with Crippen LogP contribution < -0.4 is 5.30 Å². The zero-order valence-corrected chi connectivity index (χ0v) is 22.8. The second-order valence-electron chi connectivity index (χ2n) is 11.1. The molecule has 0 amide bonds. The van der Waals surface area contributed by atoms with Crippen molar-refractivity contribution in [1.82, 2.24) is 14.5 Å². The Morgan fingerprint density at radius 2 is 1.69 bits per heavy atom. The van der Waals surface area contributed by atoms with Crippen LogP contribution in [-0.2, 0) is 16.3 Å². The van der Waals surface area contributed by atoms with Crippen molar-refractivity contribution >= 4 is 35.2 Å². The number of nitrogens with zero attached hydrogens (tertiary/aromatic N) is 4. The number of para-hydroxylation sites is 1. The number of benzene rings is 2. The lowest BCUT2D eigenvalue weighted by atomic mass is 9.70. The summed E-state index contributed by atoms with van der Waals surface area (Å²) in [4.78, 5) is 5.18. The van der Waals surface area contributed by atoms with Crippen LogP contribution in [0, 0.1) is 23.7 Å². The van der Waals surface area contributed by atoms with Gasteiger partial charge in [0.2, 0.25) is 0 Å². The van der Waals surface area contributed by atoms with E-state index in [1.807, 2.05) is 48.0 Å². The van der Waals surface area contributed by atoms with Crippen LogP contribution in [0.1, 0.15) is 51.3 Å². The molecule has 0 saturated heterocycles. The third-order valence-corrected chi connectivity index (χ3v) is 13.4. The quantitative estimate of drug-likeness (QED) is 0.387. The van der Waals surface area contributed by atoms with Gasteiger partial charge in [0.15, 0.2) is 12.2 Å². The summed E-state index contributed by atoms with van der Waals surface area (Å²) < 4.78 is 11.4. The van der Waals surface area contributed by atoms with Gasteiger partial charge < -0.3 is 9.19 Å². The van der Waals surface area contributed by atoms with Gasteiger partial charge in [0.05, 0.1) is 22.8 Å². The first-order chi connectivity index (χ1) is 16.7. The lowest BCUT2D eigenvalue weighted by molar-refractivity contribution is 0.0357. The van der Waals surface area contributed by atoms with Crippen molar-refractivity contribution in [2.24, 2.45) is 21.7 Å². The first-order valence-corrected chi connectivity index (χ1v) is 15.2. The molecule has 2 fully saturated rings. The van der Waals surface area contributed by atoms with E-state index in [2.05, 4.69) is 56.8 Å². The third kappa shape index (κ3) is 3.19. The van der Waals surface area contributed by atoms with E-state index in [9.17, 15) is 0 Å². The molecule has 2 bridgehead atoms. The van der Waals surface area contributed by atoms with E-state index in [0.29, 0.717) is 5.92 Å². The molecule has 1 aromatic heterocycles. The molecule has 7 heteroatoms. The second kappa shape index (κ2) is 7.86. The van der Waals surface area contributed by atoms with Crippen molar-refractivity contribution in [3.05, 3.63) is 71.9 Å². The molecule has 0 spiro atoms. The van der Waals surface area contributed by atoms with Gasteiger partial charge >= 0.3 is 0 Å². The molecule has 35 heavy (non-hydrogen) atoms. The van der Waals surface area contributed by atoms with Crippen LogP contribution in [0.2, 0.25) is 0 Å². The minimum Gasteiger partial charge on any atom is -0.326 e. The van der Waals surface area contributed by atoms with Crippen molar-refractivity contribution in [3.8, 4) is 5.69 Å². The molecule has 2 aromatic carbocycles. The van der Waals surface area contributed by atoms with E-state index in [1.165, 1.54) is 12.8 Å². The molecule has 3 aromatic rings. The molecule has 0 N–H and O–H groups in total. The Morgan fingerprint density at radius 1 is 1.03 bits per heavy atom. The normalized spacial score (nSPS) is 30.9. The minimum absolute atomic E-state index is 0.120. The van der Waals surface area contributed by atoms with Gasteiger partial charge in [-0.3, -0.25) is 0 Å². The maximum Gasteiger partial charge on any atom is 0.192 e. The van der Waals surface area contributed by atoms with E-state index in [1.54, 1.807) is 0 Å². The zero-order valence-electron chi connectivity index (χ0n) is 21.1. The Kier molecular flexibility index (Phi) is 5.20. The molecule has 3 aliphatic rings. The van der Waals surface area contributed by atoms with Crippen LogP contribution in [0.5, 0.6) is 0 Å². The van der Waals surface area contributed by atoms with Crippen LogP contribution >= 0.6 is 6.42 Å². The molecular formula is C28H33N4OPS. The predicted molar refractivity (Wildman–Crippen MR) is 147 cm³/mol. The smallest absolute Gasteiger partial charge is 0.192 e. The number of rotatable bonds is 4. The van der Waals surface area contributed by atoms with Gasteiger partial charge in [-0.05, 0) is 66.9 Å². The molecule has 0 radical (unpaired) electrons. The van der Waals surface area contributed by atoms with Gasteiger partial charge in [-0.15, -0.1) is 0 Å². The van der Waals surface area contributed by atoms with Gasteiger partial charge in [-0.2, -0.15) is 5.10 Å². The topological polar surface area (TPSA) is 42.6 Å². The number of aryl methyl sites for hydroxylation is 1. The molecule has 1 aliphatic heterocycles. The Hall–Kier alpha value is -2.27. The molecule has 182 valence electrons. The predicted octanol–water partition coefficient (Wildman–Crippen LogP) is 6.37. The average molecular weight is 505 g/mol. The van der Waals surface area contributed by atoms with E-state index >= 15 is 0 Å². The number of amidine groups is 1. The fraction of sp³-hybridized carbons (Fsp3) is 0.429. The fourth-order valence-electron chi connectivity index (χ4n) is 6.56. The minimum atomic E-state index is -2.68. The fourth-order valence-corrected chi connectivity index (χ4v) is 10.2. The van der Waals surface area contributed by atoms with Crippen molar-refractivity contribution in [2.75, 3.05) is 7.05 Å². The molecular weight excluding hydrogens is 471 g/mol. The summed E-state index contributed by atoms with van der Waals surface area (Å²) in [6.45, 7) is 9.32. The number of aliphatic imine (C=N–C) groups is 1. The summed E-state index contributed by atoms with van der Waals surface area (Å²) in [6, 6.07) is 20.5. The van der Waals surface area contributed by atoms with Crippen LogP contribution in [0.25, 0.3) is 5.69 Å². The Morgan fingerprint density at radius 3 is 2.29 bits per heavy atom. The van der Waals surface area contributed by atoms with Crippen molar-refractivity contribution < 1.29 is 4.52 Å². The number of aromatic nitrogens is 2. The van der Waals surface area contributed by atoms with Crippen LogP contribution in [0.4, 0.5) is 5.82 Å². The van der Waals surface area contributed by atoms with Gasteiger partial charge in [0.25, 0.3) is 0 Å². The Bertz CT molecular complexity index is 1370. The first kappa shape index (κ1) is 23.1. The summed E-state index contributed by atoms with van der Waals surface area (Å²) >= 11 is 6.62. The summed E-state index contributed by atoms with van der Waals surface area (Å²) in [5.41, 5.74) is 3.30. The second-order valence-corrected chi connectivity index (χ2v) is 14.8. The lowest BCUT2D eigenvalue weighted by Gasteiger charge is -2.44. The molecule has 2 saturated carbocycles. The van der Waals surface area contributed by atoms with Crippen molar-refractivity contribution in [2.45, 2.75) is 53.1 Å². The number of hydrogen-bond donors (Lipinski definition) is 0. The standard InChI is InChI=1S/C28H33N4OPS/c1-19-24-26(32(30-19)22-14-10-7-11-15-22)29-25(20-12-8-6-9-13-20)31(5)34(24,35)33-23-18-21-16-17-28(23,4)27(21,2)3/h6-15,21,23H,16-18H2,1-5H3. The summed E-state index contributed by atoms with van der Waals surface area (Å²) in [5, 5.41) is 5.94. The Balaban J connectivity index is 1.53. The van der Waals surface area contributed by atoms with E-state index < -0.39 is 6.42 Å². The highest BCUT2D eigenvalue weighted by atomic mass is 32.4. The summed E-state index contributed by atoms with van der Waals surface area (Å²) in [7, 11) is 2.07. The molecule has 5 nitrogen and oxygen atoms in total. The van der Waals surface area contributed by atoms with Crippen LogP contribution in [0.3, 0.4) is 0 Å². The number of fused-ring (bicyclic) bond motifs is 3. The monoisotopic (exact) mass is 504 g/mol. The maximum atomic E-state index is 7.25. The molecule has 2 heterocycles. The maximum absolute atomic E-state index is 7.25. The van der Waals surface area contributed by atoms with E-state index in [4.69, 9.17) is 26.4 Å². The highest BCUT2D eigenvalue weighted by Gasteiger charge is 2.63. The molecule has 6 rings (SSSR count). The van der Waals surface area contributed by atoms with Gasteiger partial charge in [0.1, 0.15) is 5.84 Å². The third-order valence-electron chi connectivity index (χ3n) is 9.22. The zero-order chi connectivity index (χ0) is 24.6. The molecule has 4 unspecified atom stereocenters. The largest absolute Gasteiger partial charge is 0.326 e. The van der Waals surface area contributed by atoms with Crippen LogP contribution in [0.15, 0.2) is 65.7 Å². The molecule has 2 aliphatic carbocycles. The van der Waals surface area contributed by atoms with Crippen LogP contribution in [-0.4, -0.2) is 33.4 Å². The first-order valence-electron chi connectivity index (χ1n) is 12.5. The highest BCUT2D eigenvalue weighted by Crippen LogP contribution is 2.69. The van der Waals surface area contributed by atoms with Gasteiger partial charge in [-0.1, -0.05) is 69.3 Å². The van der Waals surface area contributed by atoms with E-state index in [-0.39, 0.29) is 16.9 Å². The molecule has 4 atom stereocenters.